The Morgan fingerprint density at radius 3 is 2.65 bits per heavy atom. The lowest BCUT2D eigenvalue weighted by Crippen LogP contribution is -1.94. The maximum Gasteiger partial charge on any atom is 0.216 e. The summed E-state index contributed by atoms with van der Waals surface area (Å²) >= 11 is 0. The summed E-state index contributed by atoms with van der Waals surface area (Å²) in [5.74, 6) is 0.351. The molecule has 1 aromatic carbocycles. The highest BCUT2D eigenvalue weighted by Gasteiger charge is 2.08. The van der Waals surface area contributed by atoms with Gasteiger partial charge in [-0.1, -0.05) is 30.3 Å². The number of fused-ring (bicyclic) bond motifs is 1. The lowest BCUT2D eigenvalue weighted by molar-refractivity contribution is 0.436. The molecule has 3 N–H and O–H groups in total. The molecule has 0 bridgehead atoms. The monoisotopic (exact) mass is 226 g/mol. The van der Waals surface area contributed by atoms with Gasteiger partial charge >= 0.3 is 0 Å². The number of anilines is 1. The third kappa shape index (κ3) is 1.57. The molecular formula is C12H10N4O. The first kappa shape index (κ1) is 9.65. The van der Waals surface area contributed by atoms with Crippen molar-refractivity contribution in [2.75, 3.05) is 5.73 Å². The van der Waals surface area contributed by atoms with Crippen molar-refractivity contribution >= 4 is 11.5 Å². The average Bonchev–Trinajstić information content (AvgIpc) is 2.71. The van der Waals surface area contributed by atoms with Crippen LogP contribution >= 0.6 is 0 Å². The van der Waals surface area contributed by atoms with E-state index in [1.54, 1.807) is 12.1 Å². The third-order valence-corrected chi connectivity index (χ3v) is 2.50. The molecule has 17 heavy (non-hydrogen) atoms. The standard InChI is InChI=1S/C12H10N4O/c13-10-7-11-14-9(6-12(17)16(11)15-10)8-4-2-1-3-5-8/h1-7,17H,(H2,13,15). The lowest BCUT2D eigenvalue weighted by Gasteiger charge is -2.03. The molecule has 0 saturated heterocycles. The van der Waals surface area contributed by atoms with Crippen molar-refractivity contribution in [3.8, 4) is 17.1 Å². The number of nitrogen functional groups attached to an aromatic ring is 1. The summed E-state index contributed by atoms with van der Waals surface area (Å²) in [5.41, 5.74) is 7.72. The Morgan fingerprint density at radius 2 is 1.88 bits per heavy atom. The van der Waals surface area contributed by atoms with E-state index >= 15 is 0 Å². The van der Waals surface area contributed by atoms with Crippen molar-refractivity contribution in [2.24, 2.45) is 0 Å². The van der Waals surface area contributed by atoms with Gasteiger partial charge < -0.3 is 10.8 Å². The Hall–Kier alpha value is -2.56. The van der Waals surface area contributed by atoms with Crippen molar-refractivity contribution in [3.63, 3.8) is 0 Å². The predicted molar refractivity (Wildman–Crippen MR) is 64.5 cm³/mol. The molecule has 0 aliphatic carbocycles. The van der Waals surface area contributed by atoms with Crippen LogP contribution in [0.25, 0.3) is 16.9 Å². The zero-order valence-corrected chi connectivity index (χ0v) is 8.91. The van der Waals surface area contributed by atoms with Crippen molar-refractivity contribution in [1.29, 1.82) is 0 Å². The number of benzene rings is 1. The second-order valence-electron chi connectivity index (χ2n) is 3.70. The summed E-state index contributed by atoms with van der Waals surface area (Å²) in [6.07, 6.45) is 0. The number of nitrogens with two attached hydrogens (primary N) is 1. The summed E-state index contributed by atoms with van der Waals surface area (Å²) in [6, 6.07) is 12.8. The zero-order valence-electron chi connectivity index (χ0n) is 8.91. The van der Waals surface area contributed by atoms with Crippen LogP contribution in [-0.2, 0) is 0 Å². The van der Waals surface area contributed by atoms with Crippen LogP contribution in [0.5, 0.6) is 5.88 Å². The van der Waals surface area contributed by atoms with E-state index < -0.39 is 0 Å². The van der Waals surface area contributed by atoms with Crippen LogP contribution in [-0.4, -0.2) is 19.7 Å². The fourth-order valence-electron chi connectivity index (χ4n) is 1.73. The second-order valence-corrected chi connectivity index (χ2v) is 3.70. The van der Waals surface area contributed by atoms with E-state index in [1.807, 2.05) is 30.3 Å². The molecule has 2 aromatic heterocycles. The average molecular weight is 226 g/mol. The molecule has 0 fully saturated rings. The SMILES string of the molecule is Nc1cc2nc(-c3ccccc3)cc(O)n2n1. The number of nitrogens with zero attached hydrogens (tertiary/aromatic N) is 3. The van der Waals surface area contributed by atoms with Crippen LogP contribution in [0, 0.1) is 0 Å². The molecule has 0 aliphatic rings. The number of hydrogen-bond donors (Lipinski definition) is 2. The summed E-state index contributed by atoms with van der Waals surface area (Å²) in [4.78, 5) is 4.39. The first-order valence-electron chi connectivity index (χ1n) is 5.15. The van der Waals surface area contributed by atoms with Crippen molar-refractivity contribution in [1.82, 2.24) is 14.6 Å². The largest absolute Gasteiger partial charge is 0.493 e. The Balaban J connectivity index is 2.25. The Labute approximate surface area is 97.1 Å². The summed E-state index contributed by atoms with van der Waals surface area (Å²) in [5, 5.41) is 13.8. The molecule has 0 atom stereocenters. The van der Waals surface area contributed by atoms with Gasteiger partial charge in [0, 0.05) is 17.7 Å². The minimum absolute atomic E-state index is 0.0190. The minimum atomic E-state index is 0.0190. The smallest absolute Gasteiger partial charge is 0.216 e. The molecule has 0 radical (unpaired) electrons. The van der Waals surface area contributed by atoms with E-state index in [0.717, 1.165) is 5.56 Å². The highest BCUT2D eigenvalue weighted by atomic mass is 16.3. The van der Waals surface area contributed by atoms with Crippen LogP contribution in [0.4, 0.5) is 5.82 Å². The van der Waals surface area contributed by atoms with Gasteiger partial charge in [0.2, 0.25) is 5.88 Å². The van der Waals surface area contributed by atoms with Crippen LogP contribution in [0.1, 0.15) is 0 Å². The summed E-state index contributed by atoms with van der Waals surface area (Å²) in [6.45, 7) is 0. The molecule has 0 unspecified atom stereocenters. The molecule has 0 saturated carbocycles. The van der Waals surface area contributed by atoms with Gasteiger partial charge in [-0.25, -0.2) is 4.98 Å². The highest BCUT2D eigenvalue weighted by Crippen LogP contribution is 2.23. The molecule has 3 rings (SSSR count). The zero-order chi connectivity index (χ0) is 11.8. The van der Waals surface area contributed by atoms with Gasteiger partial charge in [-0.05, 0) is 0 Å². The van der Waals surface area contributed by atoms with Gasteiger partial charge in [-0.2, -0.15) is 4.52 Å². The molecule has 2 heterocycles. The van der Waals surface area contributed by atoms with Crippen LogP contribution < -0.4 is 5.73 Å². The fraction of sp³-hybridized carbons (Fsp3) is 0. The molecule has 0 aliphatic heterocycles. The lowest BCUT2D eigenvalue weighted by atomic mass is 10.1. The minimum Gasteiger partial charge on any atom is -0.493 e. The van der Waals surface area contributed by atoms with Gasteiger partial charge in [0.15, 0.2) is 5.65 Å². The Morgan fingerprint density at radius 1 is 1.12 bits per heavy atom. The predicted octanol–water partition coefficient (Wildman–Crippen LogP) is 1.68. The summed E-state index contributed by atoms with van der Waals surface area (Å²) in [7, 11) is 0. The van der Waals surface area contributed by atoms with Crippen molar-refractivity contribution in [2.45, 2.75) is 0 Å². The van der Waals surface area contributed by atoms with E-state index in [-0.39, 0.29) is 5.88 Å². The molecule has 3 aromatic rings. The molecule has 5 heteroatoms. The molecule has 0 spiro atoms. The third-order valence-electron chi connectivity index (χ3n) is 2.50. The van der Waals surface area contributed by atoms with E-state index in [1.165, 1.54) is 4.52 Å². The number of rotatable bonds is 1. The van der Waals surface area contributed by atoms with Crippen LogP contribution in [0.3, 0.4) is 0 Å². The quantitative estimate of drug-likeness (QED) is 0.662. The summed E-state index contributed by atoms with van der Waals surface area (Å²) < 4.78 is 1.31. The number of hydrogen-bond acceptors (Lipinski definition) is 4. The van der Waals surface area contributed by atoms with Gasteiger partial charge in [0.1, 0.15) is 5.82 Å². The van der Waals surface area contributed by atoms with Crippen molar-refractivity contribution in [3.05, 3.63) is 42.5 Å². The number of aromatic nitrogens is 3. The first-order chi connectivity index (χ1) is 8.24. The maximum absolute atomic E-state index is 9.83. The van der Waals surface area contributed by atoms with Gasteiger partial charge in [-0.15, -0.1) is 5.10 Å². The second kappa shape index (κ2) is 3.48. The van der Waals surface area contributed by atoms with Gasteiger partial charge in [-0.3, -0.25) is 0 Å². The maximum atomic E-state index is 9.83. The number of aromatic hydroxyl groups is 1. The molecule has 5 nitrogen and oxygen atoms in total. The normalized spacial score (nSPS) is 10.8. The highest BCUT2D eigenvalue weighted by molar-refractivity contribution is 5.64. The van der Waals surface area contributed by atoms with Crippen LogP contribution in [0.15, 0.2) is 42.5 Å². The Kier molecular flexibility index (Phi) is 1.98. The fourth-order valence-corrected chi connectivity index (χ4v) is 1.73. The molecule has 0 amide bonds. The van der Waals surface area contributed by atoms with E-state index in [0.29, 0.717) is 17.2 Å². The van der Waals surface area contributed by atoms with Crippen molar-refractivity contribution < 1.29 is 5.11 Å². The van der Waals surface area contributed by atoms with E-state index in [9.17, 15) is 5.11 Å². The molecule has 84 valence electrons. The molecular weight excluding hydrogens is 216 g/mol. The van der Waals surface area contributed by atoms with E-state index in [4.69, 9.17) is 5.73 Å². The van der Waals surface area contributed by atoms with E-state index in [2.05, 4.69) is 10.1 Å². The van der Waals surface area contributed by atoms with Crippen LogP contribution in [0.2, 0.25) is 0 Å². The topological polar surface area (TPSA) is 76.4 Å². The first-order valence-corrected chi connectivity index (χ1v) is 5.15. The van der Waals surface area contributed by atoms with Gasteiger partial charge in [0.05, 0.1) is 5.69 Å². The Bertz CT molecular complexity index is 676. The van der Waals surface area contributed by atoms with Gasteiger partial charge in [0.25, 0.3) is 0 Å².